The lowest BCUT2D eigenvalue weighted by Crippen LogP contribution is -2.28. The first-order chi connectivity index (χ1) is 11.0. The van der Waals surface area contributed by atoms with Crippen molar-refractivity contribution in [1.82, 2.24) is 9.55 Å². The Morgan fingerprint density at radius 1 is 1.57 bits per heavy atom. The van der Waals surface area contributed by atoms with E-state index < -0.39 is 12.1 Å². The molecule has 0 saturated carbocycles. The van der Waals surface area contributed by atoms with E-state index in [-0.39, 0.29) is 12.1 Å². The average Bonchev–Trinajstić information content (AvgIpc) is 2.54. The molecule has 0 aliphatic carbocycles. The Morgan fingerprint density at radius 3 is 2.91 bits per heavy atom. The van der Waals surface area contributed by atoms with Gasteiger partial charge in [0.2, 0.25) is 0 Å². The summed E-state index contributed by atoms with van der Waals surface area (Å²) >= 11 is 1.34. The van der Waals surface area contributed by atoms with Gasteiger partial charge in [0, 0.05) is 5.75 Å². The lowest BCUT2D eigenvalue weighted by molar-refractivity contribution is 0.0601. The van der Waals surface area contributed by atoms with Crippen molar-refractivity contribution in [2.45, 2.75) is 24.7 Å². The van der Waals surface area contributed by atoms with Gasteiger partial charge in [0.25, 0.3) is 5.56 Å². The molecule has 0 saturated heterocycles. The highest BCUT2D eigenvalue weighted by Crippen LogP contribution is 2.19. The number of aromatic nitrogens is 2. The van der Waals surface area contributed by atoms with Crippen molar-refractivity contribution in [3.8, 4) is 0 Å². The van der Waals surface area contributed by atoms with Crippen LogP contribution in [0, 0.1) is 0 Å². The molecule has 0 aliphatic rings. The number of nitrogens with zero attached hydrogens (tertiary/aromatic N) is 2. The zero-order chi connectivity index (χ0) is 17.0. The zero-order valence-corrected chi connectivity index (χ0v) is 13.8. The Balaban J connectivity index is 2.64. The first-order valence-electron chi connectivity index (χ1n) is 7.02. The normalized spacial score (nSPS) is 12.1. The molecule has 1 aromatic carbocycles. The third kappa shape index (κ3) is 3.80. The zero-order valence-electron chi connectivity index (χ0n) is 13.0. The number of hydrogen-bond acceptors (Lipinski definition) is 6. The third-order valence-electron chi connectivity index (χ3n) is 3.12. The van der Waals surface area contributed by atoms with Gasteiger partial charge in [-0.2, -0.15) is 0 Å². The molecule has 23 heavy (non-hydrogen) atoms. The maximum Gasteiger partial charge on any atom is 0.337 e. The summed E-state index contributed by atoms with van der Waals surface area (Å²) in [7, 11) is 1.30. The molecule has 2 aromatic rings. The van der Waals surface area contributed by atoms with Gasteiger partial charge in [0.05, 0.1) is 36.2 Å². The first kappa shape index (κ1) is 17.2. The number of carbonyl (C=O) groups excluding carboxylic acids is 1. The van der Waals surface area contributed by atoms with E-state index in [0.29, 0.717) is 27.4 Å². The highest BCUT2D eigenvalue weighted by Gasteiger charge is 2.15. The van der Waals surface area contributed by atoms with Crippen LogP contribution in [0.25, 0.3) is 10.9 Å². The Kier molecular flexibility index (Phi) is 5.57. The van der Waals surface area contributed by atoms with Crippen LogP contribution in [-0.4, -0.2) is 39.6 Å². The van der Waals surface area contributed by atoms with Gasteiger partial charge in [0.15, 0.2) is 5.16 Å². The van der Waals surface area contributed by atoms with Gasteiger partial charge in [-0.15, -0.1) is 6.58 Å². The Morgan fingerprint density at radius 2 is 2.30 bits per heavy atom. The Hall–Kier alpha value is -2.12. The Bertz CT molecular complexity index is 799. The van der Waals surface area contributed by atoms with Gasteiger partial charge >= 0.3 is 5.97 Å². The summed E-state index contributed by atoms with van der Waals surface area (Å²) in [6.45, 7) is 5.42. The van der Waals surface area contributed by atoms with E-state index in [2.05, 4.69) is 16.3 Å². The number of carbonyl (C=O) groups is 1. The van der Waals surface area contributed by atoms with E-state index >= 15 is 0 Å². The first-order valence-corrected chi connectivity index (χ1v) is 8.01. The van der Waals surface area contributed by atoms with E-state index in [1.54, 1.807) is 19.1 Å². The van der Waals surface area contributed by atoms with Crippen LogP contribution in [0.3, 0.4) is 0 Å². The molecular weight excluding hydrogens is 316 g/mol. The Labute approximate surface area is 137 Å². The fourth-order valence-corrected chi connectivity index (χ4v) is 2.86. The van der Waals surface area contributed by atoms with E-state index in [9.17, 15) is 14.7 Å². The molecule has 6 nitrogen and oxygen atoms in total. The number of fused-ring (bicyclic) bond motifs is 1. The van der Waals surface area contributed by atoms with Crippen molar-refractivity contribution in [2.75, 3.05) is 12.9 Å². The molecule has 2 rings (SSSR count). The molecule has 0 aliphatic heterocycles. The van der Waals surface area contributed by atoms with Gasteiger partial charge in [0.1, 0.15) is 0 Å². The van der Waals surface area contributed by atoms with Crippen LogP contribution in [0.1, 0.15) is 17.3 Å². The summed E-state index contributed by atoms with van der Waals surface area (Å²) in [4.78, 5) is 28.7. The fourth-order valence-electron chi connectivity index (χ4n) is 2.11. The topological polar surface area (TPSA) is 81.4 Å². The van der Waals surface area contributed by atoms with Crippen LogP contribution in [0.4, 0.5) is 0 Å². The maximum atomic E-state index is 12.7. The molecular formula is C16H18N2O4S. The molecule has 1 N–H and O–H groups in total. The molecule has 0 fully saturated rings. The number of ether oxygens (including phenoxy) is 1. The number of aliphatic hydroxyl groups excluding tert-OH is 1. The molecule has 1 aromatic heterocycles. The SMILES string of the molecule is C=CCSc1nc2cc(C(=O)OC)ccc2c(=O)n1C[C@H](C)O. The molecule has 0 amide bonds. The van der Waals surface area contributed by atoms with Crippen LogP contribution in [0.5, 0.6) is 0 Å². The minimum atomic E-state index is -0.677. The van der Waals surface area contributed by atoms with E-state index in [0.717, 1.165) is 0 Å². The highest BCUT2D eigenvalue weighted by atomic mass is 32.2. The van der Waals surface area contributed by atoms with Gasteiger partial charge in [-0.3, -0.25) is 9.36 Å². The monoisotopic (exact) mass is 334 g/mol. The van der Waals surface area contributed by atoms with Crippen molar-refractivity contribution in [1.29, 1.82) is 0 Å². The average molecular weight is 334 g/mol. The van der Waals surface area contributed by atoms with E-state index in [1.165, 1.54) is 35.6 Å². The lowest BCUT2D eigenvalue weighted by Gasteiger charge is -2.14. The second-order valence-electron chi connectivity index (χ2n) is 4.98. The van der Waals surface area contributed by atoms with Crippen molar-refractivity contribution in [3.05, 3.63) is 46.8 Å². The number of rotatable bonds is 6. The third-order valence-corrected chi connectivity index (χ3v) is 4.09. The molecule has 1 atom stereocenters. The van der Waals surface area contributed by atoms with E-state index in [4.69, 9.17) is 0 Å². The molecule has 0 spiro atoms. The molecule has 122 valence electrons. The maximum absolute atomic E-state index is 12.7. The summed E-state index contributed by atoms with van der Waals surface area (Å²) in [5.74, 6) is 0.0937. The van der Waals surface area contributed by atoms with Crippen molar-refractivity contribution < 1.29 is 14.6 Å². The lowest BCUT2D eigenvalue weighted by atomic mass is 10.1. The number of aliphatic hydroxyl groups is 1. The van der Waals surface area contributed by atoms with E-state index in [1.807, 2.05) is 0 Å². The summed E-state index contributed by atoms with van der Waals surface area (Å²) in [5, 5.41) is 10.5. The van der Waals surface area contributed by atoms with Crippen molar-refractivity contribution in [3.63, 3.8) is 0 Å². The standard InChI is InChI=1S/C16H18N2O4S/c1-4-7-23-16-17-13-8-11(15(21)22-3)5-6-12(13)14(20)18(16)9-10(2)19/h4-6,8,10,19H,1,7,9H2,2-3H3/t10-/m0/s1. The highest BCUT2D eigenvalue weighted by molar-refractivity contribution is 7.99. The number of thioether (sulfide) groups is 1. The van der Waals surface area contributed by atoms with Crippen LogP contribution >= 0.6 is 11.8 Å². The minimum Gasteiger partial charge on any atom is -0.465 e. The predicted octanol–water partition coefficient (Wildman–Crippen LogP) is 1.84. The summed E-state index contributed by atoms with van der Waals surface area (Å²) in [6.07, 6.45) is 1.03. The second-order valence-corrected chi connectivity index (χ2v) is 5.97. The van der Waals surface area contributed by atoms with Gasteiger partial charge < -0.3 is 9.84 Å². The van der Waals surface area contributed by atoms with Crippen LogP contribution in [0.2, 0.25) is 0 Å². The molecule has 0 bridgehead atoms. The smallest absolute Gasteiger partial charge is 0.337 e. The molecule has 7 heteroatoms. The second kappa shape index (κ2) is 7.43. The number of methoxy groups -OCH3 is 1. The molecule has 1 heterocycles. The number of esters is 1. The van der Waals surface area contributed by atoms with Gasteiger partial charge in [-0.25, -0.2) is 9.78 Å². The molecule has 0 radical (unpaired) electrons. The molecule has 0 unspecified atom stereocenters. The number of benzene rings is 1. The number of hydrogen-bond donors (Lipinski definition) is 1. The van der Waals surface area contributed by atoms with Crippen molar-refractivity contribution >= 4 is 28.6 Å². The largest absolute Gasteiger partial charge is 0.465 e. The van der Waals surface area contributed by atoms with Crippen LogP contribution in [0.15, 0.2) is 40.8 Å². The fraction of sp³-hybridized carbons (Fsp3) is 0.312. The quantitative estimate of drug-likeness (QED) is 0.376. The minimum absolute atomic E-state index is 0.153. The summed E-state index contributed by atoms with van der Waals surface area (Å²) in [5.41, 5.74) is 0.505. The van der Waals surface area contributed by atoms with Crippen molar-refractivity contribution in [2.24, 2.45) is 0 Å². The predicted molar refractivity (Wildman–Crippen MR) is 89.9 cm³/mol. The summed E-state index contributed by atoms with van der Waals surface area (Å²) in [6, 6.07) is 4.62. The van der Waals surface area contributed by atoms with Gasteiger partial charge in [-0.1, -0.05) is 17.8 Å². The van der Waals surface area contributed by atoms with Crippen LogP contribution in [-0.2, 0) is 11.3 Å². The summed E-state index contributed by atoms with van der Waals surface area (Å²) < 4.78 is 6.13. The van der Waals surface area contributed by atoms with Gasteiger partial charge in [-0.05, 0) is 25.1 Å². The van der Waals surface area contributed by atoms with Crippen LogP contribution < -0.4 is 5.56 Å².